The Balaban J connectivity index is 1.20. The first-order valence-corrected chi connectivity index (χ1v) is 10.2. The first kappa shape index (κ1) is 19.6. The molecular formula is C23H26FN3O2. The molecule has 1 N–H and O–H groups in total. The van der Waals surface area contributed by atoms with Crippen molar-refractivity contribution in [2.75, 3.05) is 26.2 Å². The number of carbonyl (C=O) groups is 2. The Bertz CT molecular complexity index is 848. The topological polar surface area (TPSA) is 52.7 Å². The predicted octanol–water partition coefficient (Wildman–Crippen LogP) is 2.42. The van der Waals surface area contributed by atoms with Crippen molar-refractivity contribution in [2.24, 2.45) is 11.8 Å². The smallest absolute Gasteiger partial charge is 0.226 e. The van der Waals surface area contributed by atoms with Gasteiger partial charge in [-0.05, 0) is 29.7 Å². The third kappa shape index (κ3) is 5.01. The van der Waals surface area contributed by atoms with Crippen molar-refractivity contribution in [2.45, 2.75) is 19.5 Å². The van der Waals surface area contributed by atoms with Gasteiger partial charge in [0.05, 0.1) is 11.8 Å². The summed E-state index contributed by atoms with van der Waals surface area (Å²) in [6.07, 6.45) is 0.623. The molecule has 2 aliphatic rings. The van der Waals surface area contributed by atoms with E-state index in [0.29, 0.717) is 26.1 Å². The molecule has 5 nitrogen and oxygen atoms in total. The molecular weight excluding hydrogens is 369 g/mol. The second-order valence-electron chi connectivity index (χ2n) is 7.88. The summed E-state index contributed by atoms with van der Waals surface area (Å²) in [5, 5.41) is 2.86. The van der Waals surface area contributed by atoms with Crippen LogP contribution in [0.1, 0.15) is 17.5 Å². The van der Waals surface area contributed by atoms with Crippen LogP contribution < -0.4 is 5.32 Å². The Morgan fingerprint density at radius 3 is 2.28 bits per heavy atom. The van der Waals surface area contributed by atoms with E-state index in [1.54, 1.807) is 12.1 Å². The Morgan fingerprint density at radius 1 is 0.897 bits per heavy atom. The van der Waals surface area contributed by atoms with Crippen LogP contribution in [-0.2, 0) is 22.7 Å². The second-order valence-corrected chi connectivity index (χ2v) is 7.88. The summed E-state index contributed by atoms with van der Waals surface area (Å²) in [7, 11) is 0. The molecule has 2 amide bonds. The minimum atomic E-state index is -0.295. The first-order chi connectivity index (χ1) is 14.1. The molecule has 2 fully saturated rings. The first-order valence-electron chi connectivity index (χ1n) is 10.2. The second kappa shape index (κ2) is 8.74. The number of halogens is 1. The van der Waals surface area contributed by atoms with Crippen molar-refractivity contribution in [1.29, 1.82) is 0 Å². The van der Waals surface area contributed by atoms with Crippen LogP contribution in [0, 0.1) is 17.7 Å². The maximum absolute atomic E-state index is 12.9. The van der Waals surface area contributed by atoms with Gasteiger partial charge in [-0.25, -0.2) is 4.39 Å². The lowest BCUT2D eigenvalue weighted by Gasteiger charge is -2.35. The molecule has 2 aromatic rings. The average molecular weight is 395 g/mol. The van der Waals surface area contributed by atoms with E-state index < -0.39 is 0 Å². The van der Waals surface area contributed by atoms with E-state index in [1.807, 2.05) is 23.1 Å². The highest BCUT2D eigenvalue weighted by molar-refractivity contribution is 5.92. The van der Waals surface area contributed by atoms with E-state index in [1.165, 1.54) is 17.7 Å². The van der Waals surface area contributed by atoms with E-state index in [-0.39, 0.29) is 29.5 Å². The number of amides is 2. The molecule has 2 aromatic carbocycles. The number of benzene rings is 2. The van der Waals surface area contributed by atoms with Gasteiger partial charge in [0.25, 0.3) is 0 Å². The molecule has 0 bridgehead atoms. The van der Waals surface area contributed by atoms with Crippen molar-refractivity contribution in [3.8, 4) is 0 Å². The monoisotopic (exact) mass is 395 g/mol. The number of hydrogen-bond acceptors (Lipinski definition) is 3. The number of rotatable bonds is 6. The summed E-state index contributed by atoms with van der Waals surface area (Å²) < 4.78 is 12.9. The van der Waals surface area contributed by atoms with Crippen LogP contribution in [0.2, 0.25) is 0 Å². The molecule has 29 heavy (non-hydrogen) atoms. The van der Waals surface area contributed by atoms with Crippen molar-refractivity contribution in [3.63, 3.8) is 0 Å². The standard InChI is InChI=1S/C23H26FN3O2/c24-19-8-6-17(7-9-19)15-25-22(28)20-14-21(20)23(29)27-12-10-26(11-13-27)16-18-4-2-1-3-5-18/h1-9,20-21H,10-16H2,(H,25,28). The zero-order valence-corrected chi connectivity index (χ0v) is 16.4. The Kier molecular flexibility index (Phi) is 5.90. The molecule has 152 valence electrons. The molecule has 1 aliphatic carbocycles. The van der Waals surface area contributed by atoms with E-state index in [4.69, 9.17) is 0 Å². The average Bonchev–Trinajstić information content (AvgIpc) is 3.55. The lowest BCUT2D eigenvalue weighted by atomic mass is 10.2. The Morgan fingerprint density at radius 2 is 1.59 bits per heavy atom. The highest BCUT2D eigenvalue weighted by Crippen LogP contribution is 2.40. The number of hydrogen-bond donors (Lipinski definition) is 1. The van der Waals surface area contributed by atoms with Gasteiger partial charge < -0.3 is 10.2 Å². The fraction of sp³-hybridized carbons (Fsp3) is 0.391. The molecule has 0 radical (unpaired) electrons. The third-order valence-corrected chi connectivity index (χ3v) is 5.76. The van der Waals surface area contributed by atoms with Crippen molar-refractivity contribution < 1.29 is 14.0 Å². The van der Waals surface area contributed by atoms with E-state index in [9.17, 15) is 14.0 Å². The summed E-state index contributed by atoms with van der Waals surface area (Å²) >= 11 is 0. The highest BCUT2D eigenvalue weighted by atomic mass is 19.1. The Hall–Kier alpha value is -2.73. The molecule has 2 unspecified atom stereocenters. The number of carbonyl (C=O) groups excluding carboxylic acids is 2. The van der Waals surface area contributed by atoms with Crippen LogP contribution in [0.15, 0.2) is 54.6 Å². The van der Waals surface area contributed by atoms with E-state index in [0.717, 1.165) is 25.2 Å². The van der Waals surface area contributed by atoms with Gasteiger partial charge in [0.15, 0.2) is 0 Å². The van der Waals surface area contributed by atoms with Gasteiger partial charge in [-0.15, -0.1) is 0 Å². The van der Waals surface area contributed by atoms with Crippen molar-refractivity contribution >= 4 is 11.8 Å². The zero-order chi connectivity index (χ0) is 20.2. The van der Waals surface area contributed by atoms with Crippen molar-refractivity contribution in [1.82, 2.24) is 15.1 Å². The molecule has 6 heteroatoms. The lowest BCUT2D eigenvalue weighted by Crippen LogP contribution is -2.49. The van der Waals surface area contributed by atoms with Crippen LogP contribution in [0.4, 0.5) is 4.39 Å². The molecule has 1 saturated heterocycles. The van der Waals surface area contributed by atoms with Gasteiger partial charge in [0, 0.05) is 39.3 Å². The molecule has 0 spiro atoms. The largest absolute Gasteiger partial charge is 0.352 e. The summed E-state index contributed by atoms with van der Waals surface area (Å²) in [4.78, 5) is 29.3. The number of piperazine rings is 1. The van der Waals surface area contributed by atoms with Crippen LogP contribution in [0.3, 0.4) is 0 Å². The molecule has 2 atom stereocenters. The predicted molar refractivity (Wildman–Crippen MR) is 108 cm³/mol. The van der Waals surface area contributed by atoms with Gasteiger partial charge in [0.1, 0.15) is 5.82 Å². The molecule has 0 aromatic heterocycles. The van der Waals surface area contributed by atoms with Crippen LogP contribution >= 0.6 is 0 Å². The lowest BCUT2D eigenvalue weighted by molar-refractivity contribution is -0.136. The SMILES string of the molecule is O=C(NCc1ccc(F)cc1)C1CC1C(=O)N1CCN(Cc2ccccc2)CC1. The van der Waals surface area contributed by atoms with Crippen LogP contribution in [0.25, 0.3) is 0 Å². The summed E-state index contributed by atoms with van der Waals surface area (Å²) in [6, 6.07) is 16.4. The number of nitrogens with zero attached hydrogens (tertiary/aromatic N) is 2. The van der Waals surface area contributed by atoms with Gasteiger partial charge in [0.2, 0.25) is 11.8 Å². The van der Waals surface area contributed by atoms with Gasteiger partial charge >= 0.3 is 0 Å². The van der Waals surface area contributed by atoms with Gasteiger partial charge in [-0.3, -0.25) is 14.5 Å². The normalized spacial score (nSPS) is 21.6. The summed E-state index contributed by atoms with van der Waals surface area (Å²) in [5.41, 5.74) is 2.13. The minimum Gasteiger partial charge on any atom is -0.352 e. The van der Waals surface area contributed by atoms with Crippen LogP contribution in [-0.4, -0.2) is 47.8 Å². The van der Waals surface area contributed by atoms with Gasteiger partial charge in [-0.2, -0.15) is 0 Å². The minimum absolute atomic E-state index is 0.0876. The fourth-order valence-corrected chi connectivity index (χ4v) is 3.88. The van der Waals surface area contributed by atoms with Gasteiger partial charge in [-0.1, -0.05) is 42.5 Å². The summed E-state index contributed by atoms with van der Waals surface area (Å²) in [5.74, 6) is -0.701. The zero-order valence-electron chi connectivity index (χ0n) is 16.4. The Labute approximate surface area is 170 Å². The van der Waals surface area contributed by atoms with Crippen molar-refractivity contribution in [3.05, 3.63) is 71.5 Å². The van der Waals surface area contributed by atoms with E-state index >= 15 is 0 Å². The summed E-state index contributed by atoms with van der Waals surface area (Å²) in [6.45, 7) is 4.40. The maximum atomic E-state index is 12.9. The van der Waals surface area contributed by atoms with E-state index in [2.05, 4.69) is 22.3 Å². The third-order valence-electron chi connectivity index (χ3n) is 5.76. The molecule has 1 aliphatic heterocycles. The molecule has 4 rings (SSSR count). The number of nitrogens with one attached hydrogen (secondary N) is 1. The fourth-order valence-electron chi connectivity index (χ4n) is 3.88. The maximum Gasteiger partial charge on any atom is 0.226 e. The highest BCUT2D eigenvalue weighted by Gasteiger charge is 2.49. The quantitative estimate of drug-likeness (QED) is 0.817. The molecule has 1 saturated carbocycles. The van der Waals surface area contributed by atoms with Crippen LogP contribution in [0.5, 0.6) is 0 Å². The molecule has 1 heterocycles.